The van der Waals surface area contributed by atoms with E-state index in [1.165, 1.54) is 32.1 Å². The lowest BCUT2D eigenvalue weighted by Gasteiger charge is -2.27. The molecular formula is C23H34O4. The van der Waals surface area contributed by atoms with Crippen LogP contribution in [0.2, 0.25) is 0 Å². The van der Waals surface area contributed by atoms with Gasteiger partial charge >= 0.3 is 5.97 Å². The molecule has 4 heteroatoms. The van der Waals surface area contributed by atoms with E-state index in [-0.39, 0.29) is 24.3 Å². The summed E-state index contributed by atoms with van der Waals surface area (Å²) in [4.78, 5) is 24.5. The van der Waals surface area contributed by atoms with Gasteiger partial charge in [0.25, 0.3) is 0 Å². The van der Waals surface area contributed by atoms with Gasteiger partial charge in [-0.15, -0.1) is 0 Å². The van der Waals surface area contributed by atoms with Gasteiger partial charge in [-0.3, -0.25) is 9.59 Å². The molecule has 1 aliphatic rings. The van der Waals surface area contributed by atoms with Crippen LogP contribution in [0.5, 0.6) is 5.75 Å². The number of carbonyl (C=O) groups excluding carboxylic acids is 2. The maximum Gasteiger partial charge on any atom is 0.309 e. The van der Waals surface area contributed by atoms with E-state index in [0.717, 1.165) is 37.4 Å². The standard InChI is InChI=1S/C23H34O4/c1-3-5-6-7-8-18-9-11-20(12-10-18)23(25)27-17-22(24)19-13-15-21(16-14-19)26-4-2/h13-16,18,20H,3-12,17H2,1-2H3. The van der Waals surface area contributed by atoms with Gasteiger partial charge in [0, 0.05) is 5.56 Å². The Bertz CT molecular complexity index is 571. The zero-order valence-electron chi connectivity index (χ0n) is 16.9. The predicted octanol–water partition coefficient (Wildman–Crippen LogP) is 5.59. The Hall–Kier alpha value is -1.84. The number of Topliss-reactive ketones (excluding diaryl/α,β-unsaturated/α-hetero) is 1. The van der Waals surface area contributed by atoms with Crippen molar-refractivity contribution in [2.75, 3.05) is 13.2 Å². The van der Waals surface area contributed by atoms with Crippen molar-refractivity contribution in [3.05, 3.63) is 29.8 Å². The first-order valence-corrected chi connectivity index (χ1v) is 10.6. The highest BCUT2D eigenvalue weighted by atomic mass is 16.5. The van der Waals surface area contributed by atoms with E-state index < -0.39 is 0 Å². The monoisotopic (exact) mass is 374 g/mol. The molecule has 27 heavy (non-hydrogen) atoms. The zero-order chi connectivity index (χ0) is 19.5. The topological polar surface area (TPSA) is 52.6 Å². The molecule has 0 aliphatic heterocycles. The zero-order valence-corrected chi connectivity index (χ0v) is 16.9. The summed E-state index contributed by atoms with van der Waals surface area (Å²) in [6.45, 7) is 4.56. The van der Waals surface area contributed by atoms with Crippen LogP contribution in [0.15, 0.2) is 24.3 Å². The average Bonchev–Trinajstić information content (AvgIpc) is 2.70. The molecule has 4 nitrogen and oxygen atoms in total. The summed E-state index contributed by atoms with van der Waals surface area (Å²) < 4.78 is 10.7. The maximum atomic E-state index is 12.3. The summed E-state index contributed by atoms with van der Waals surface area (Å²) >= 11 is 0. The molecule has 0 heterocycles. The summed E-state index contributed by atoms with van der Waals surface area (Å²) in [6.07, 6.45) is 10.5. The molecule has 1 aromatic carbocycles. The Balaban J connectivity index is 1.67. The Kier molecular flexibility index (Phi) is 9.37. The molecule has 0 spiro atoms. The molecule has 0 amide bonds. The first kappa shape index (κ1) is 21.5. The molecule has 0 bridgehead atoms. The second kappa shape index (κ2) is 11.8. The number of ketones is 1. The van der Waals surface area contributed by atoms with Gasteiger partial charge in [0.15, 0.2) is 12.4 Å². The van der Waals surface area contributed by atoms with Gasteiger partial charge in [0.2, 0.25) is 0 Å². The van der Waals surface area contributed by atoms with E-state index in [1.807, 2.05) is 6.92 Å². The summed E-state index contributed by atoms with van der Waals surface area (Å²) in [6, 6.07) is 6.95. The van der Waals surface area contributed by atoms with Crippen LogP contribution in [-0.4, -0.2) is 25.0 Å². The molecule has 0 saturated heterocycles. The first-order chi connectivity index (χ1) is 13.1. The van der Waals surface area contributed by atoms with Crippen LogP contribution in [0.25, 0.3) is 0 Å². The fourth-order valence-corrected chi connectivity index (χ4v) is 3.79. The number of unbranched alkanes of at least 4 members (excludes halogenated alkanes) is 3. The van der Waals surface area contributed by atoms with Gasteiger partial charge in [0.05, 0.1) is 12.5 Å². The van der Waals surface area contributed by atoms with E-state index in [0.29, 0.717) is 12.2 Å². The second-order valence-electron chi connectivity index (χ2n) is 7.56. The normalized spacial score (nSPS) is 19.5. The highest BCUT2D eigenvalue weighted by Crippen LogP contribution is 2.32. The summed E-state index contributed by atoms with van der Waals surface area (Å²) in [5, 5.41) is 0. The largest absolute Gasteiger partial charge is 0.494 e. The van der Waals surface area contributed by atoms with Crippen LogP contribution in [0.3, 0.4) is 0 Å². The summed E-state index contributed by atoms with van der Waals surface area (Å²) in [7, 11) is 0. The second-order valence-corrected chi connectivity index (χ2v) is 7.56. The third-order valence-electron chi connectivity index (χ3n) is 5.48. The molecule has 150 valence electrons. The van der Waals surface area contributed by atoms with E-state index in [9.17, 15) is 9.59 Å². The molecule has 0 unspecified atom stereocenters. The van der Waals surface area contributed by atoms with Crippen molar-refractivity contribution in [1.82, 2.24) is 0 Å². The minimum Gasteiger partial charge on any atom is -0.494 e. The van der Waals surface area contributed by atoms with Crippen molar-refractivity contribution >= 4 is 11.8 Å². The Morgan fingerprint density at radius 2 is 1.67 bits per heavy atom. The van der Waals surface area contributed by atoms with Crippen molar-refractivity contribution in [2.45, 2.75) is 71.6 Å². The van der Waals surface area contributed by atoms with E-state index >= 15 is 0 Å². The van der Waals surface area contributed by atoms with Crippen LogP contribution < -0.4 is 4.74 Å². The van der Waals surface area contributed by atoms with Gasteiger partial charge in [-0.1, -0.05) is 39.0 Å². The Morgan fingerprint density at radius 3 is 2.30 bits per heavy atom. The lowest BCUT2D eigenvalue weighted by molar-refractivity contribution is -0.148. The minimum atomic E-state index is -0.210. The number of rotatable bonds is 11. The smallest absolute Gasteiger partial charge is 0.309 e. The van der Waals surface area contributed by atoms with Crippen LogP contribution in [-0.2, 0) is 9.53 Å². The average molecular weight is 375 g/mol. The molecule has 1 fully saturated rings. The number of hydrogen-bond donors (Lipinski definition) is 0. The number of ether oxygens (including phenoxy) is 2. The molecule has 1 aliphatic carbocycles. The molecule has 2 rings (SSSR count). The number of carbonyl (C=O) groups is 2. The summed E-state index contributed by atoms with van der Waals surface area (Å²) in [5.74, 6) is 1.08. The van der Waals surface area contributed by atoms with Crippen molar-refractivity contribution < 1.29 is 19.1 Å². The van der Waals surface area contributed by atoms with Crippen LogP contribution >= 0.6 is 0 Å². The van der Waals surface area contributed by atoms with Crippen LogP contribution in [0.1, 0.15) is 82.0 Å². The number of hydrogen-bond acceptors (Lipinski definition) is 4. The molecule has 1 saturated carbocycles. The summed E-state index contributed by atoms with van der Waals surface area (Å²) in [5.41, 5.74) is 0.544. The van der Waals surface area contributed by atoms with Gasteiger partial charge in [-0.2, -0.15) is 0 Å². The van der Waals surface area contributed by atoms with E-state index in [1.54, 1.807) is 24.3 Å². The maximum absolute atomic E-state index is 12.3. The van der Waals surface area contributed by atoms with E-state index in [4.69, 9.17) is 9.47 Å². The minimum absolute atomic E-state index is 0.0370. The van der Waals surface area contributed by atoms with Gasteiger partial charge < -0.3 is 9.47 Å². The predicted molar refractivity (Wildman–Crippen MR) is 107 cm³/mol. The molecule has 0 atom stereocenters. The highest BCUT2D eigenvalue weighted by Gasteiger charge is 2.27. The van der Waals surface area contributed by atoms with Gasteiger partial charge in [-0.25, -0.2) is 0 Å². The Morgan fingerprint density at radius 1 is 0.963 bits per heavy atom. The third-order valence-corrected chi connectivity index (χ3v) is 5.48. The molecule has 0 radical (unpaired) electrons. The number of benzene rings is 1. The lowest BCUT2D eigenvalue weighted by atomic mass is 9.80. The number of esters is 1. The quantitative estimate of drug-likeness (QED) is 0.288. The fourth-order valence-electron chi connectivity index (χ4n) is 3.79. The van der Waals surface area contributed by atoms with Crippen molar-refractivity contribution in [3.63, 3.8) is 0 Å². The lowest BCUT2D eigenvalue weighted by Crippen LogP contribution is -2.25. The van der Waals surface area contributed by atoms with Crippen LogP contribution in [0.4, 0.5) is 0 Å². The van der Waals surface area contributed by atoms with Gasteiger partial charge in [0.1, 0.15) is 5.75 Å². The highest BCUT2D eigenvalue weighted by molar-refractivity contribution is 5.98. The molecular weight excluding hydrogens is 340 g/mol. The SMILES string of the molecule is CCCCCCC1CCC(C(=O)OCC(=O)c2ccc(OCC)cc2)CC1. The molecule has 0 N–H and O–H groups in total. The van der Waals surface area contributed by atoms with Crippen molar-refractivity contribution in [1.29, 1.82) is 0 Å². The van der Waals surface area contributed by atoms with Crippen molar-refractivity contribution in [2.24, 2.45) is 11.8 Å². The first-order valence-electron chi connectivity index (χ1n) is 10.6. The molecule has 1 aromatic rings. The van der Waals surface area contributed by atoms with Crippen LogP contribution in [0, 0.1) is 11.8 Å². The van der Waals surface area contributed by atoms with Gasteiger partial charge in [-0.05, 0) is 62.8 Å². The molecule has 0 aromatic heterocycles. The fraction of sp³-hybridized carbons (Fsp3) is 0.652. The third kappa shape index (κ3) is 7.36. The Labute approximate surface area is 163 Å². The van der Waals surface area contributed by atoms with E-state index in [2.05, 4.69) is 6.92 Å². The van der Waals surface area contributed by atoms with Crippen molar-refractivity contribution in [3.8, 4) is 5.75 Å².